The van der Waals surface area contributed by atoms with E-state index in [9.17, 15) is 24.0 Å². The molecule has 1 radical (unpaired) electrons. The molecule has 0 aromatic heterocycles. The van der Waals surface area contributed by atoms with Crippen LogP contribution >= 0.6 is 11.8 Å². The molecular weight excluding hydrogens is 416 g/mol. The van der Waals surface area contributed by atoms with Gasteiger partial charge in [0.25, 0.3) is 0 Å². The third kappa shape index (κ3) is 10.4. The lowest BCUT2D eigenvalue weighted by molar-refractivity contribution is -0.139. The molecule has 1 aromatic carbocycles. The third-order valence-corrected chi connectivity index (χ3v) is 4.62. The van der Waals surface area contributed by atoms with Crippen LogP contribution in [0.5, 0.6) is 0 Å². The van der Waals surface area contributed by atoms with Gasteiger partial charge in [0.1, 0.15) is 18.6 Å². The van der Waals surface area contributed by atoms with Gasteiger partial charge in [0.2, 0.25) is 17.7 Å². The van der Waals surface area contributed by atoms with Crippen LogP contribution in [-0.2, 0) is 24.0 Å². The molecule has 0 fully saturated rings. The van der Waals surface area contributed by atoms with E-state index in [0.717, 1.165) is 11.8 Å². The molecule has 0 unspecified atom stereocenters. The van der Waals surface area contributed by atoms with Gasteiger partial charge in [0, 0.05) is 17.9 Å². The highest BCUT2D eigenvalue weighted by atomic mass is 32.2. The summed E-state index contributed by atoms with van der Waals surface area (Å²) in [5.41, 5.74) is 5.92. The molecule has 0 spiro atoms. The number of hydrogen-bond acceptors (Lipinski definition) is 7. The Labute approximate surface area is 176 Å². The van der Waals surface area contributed by atoms with E-state index >= 15 is 0 Å². The van der Waals surface area contributed by atoms with Crippen LogP contribution in [0, 0.1) is 6.07 Å². The van der Waals surface area contributed by atoms with E-state index in [-0.39, 0.29) is 30.3 Å². The van der Waals surface area contributed by atoms with Crippen LogP contribution in [0.1, 0.15) is 12.8 Å². The second kappa shape index (κ2) is 13.2. The molecule has 0 bridgehead atoms. The van der Waals surface area contributed by atoms with E-state index in [1.807, 2.05) is 0 Å². The number of carboxylic acid groups (broad SMARTS) is 2. The Bertz CT molecular complexity index is 760. The fraction of sp³-hybridized carbons (Fsp3) is 0.389. The molecule has 0 saturated heterocycles. The standard InChI is InChI=1S/C18H23N4O7S/c19-12(18(28)29)6-7-14(23)22-13(17(27)20-8-16(25)26)9-30-10-15(24)21-11-4-2-1-3-5-11/h2-5,12-13H,6-10,19H2,(H,20,27)(H,21,24)(H,22,23)(H,25,26)(H,28,29)/t12-,13-/m0/s1. The van der Waals surface area contributed by atoms with Gasteiger partial charge in [-0.1, -0.05) is 12.1 Å². The number of nitrogens with one attached hydrogen (secondary N) is 3. The van der Waals surface area contributed by atoms with Gasteiger partial charge in [-0.25, -0.2) is 0 Å². The van der Waals surface area contributed by atoms with Gasteiger partial charge in [-0.05, 0) is 24.6 Å². The molecule has 12 heteroatoms. The average molecular weight is 439 g/mol. The Morgan fingerprint density at radius 2 is 1.77 bits per heavy atom. The minimum Gasteiger partial charge on any atom is -0.480 e. The van der Waals surface area contributed by atoms with E-state index in [1.54, 1.807) is 24.3 Å². The van der Waals surface area contributed by atoms with Crippen LogP contribution in [0.2, 0.25) is 0 Å². The van der Waals surface area contributed by atoms with E-state index in [0.29, 0.717) is 5.69 Å². The van der Waals surface area contributed by atoms with Crippen LogP contribution in [0.25, 0.3) is 0 Å². The Kier molecular flexibility index (Phi) is 10.9. The Hall–Kier alpha value is -3.12. The van der Waals surface area contributed by atoms with Crippen molar-refractivity contribution in [3.8, 4) is 0 Å². The van der Waals surface area contributed by atoms with Gasteiger partial charge in [0.05, 0.1) is 5.75 Å². The summed E-state index contributed by atoms with van der Waals surface area (Å²) in [5.74, 6) is -4.20. The molecule has 163 valence electrons. The number of hydrogen-bond donors (Lipinski definition) is 6. The maximum atomic E-state index is 12.2. The van der Waals surface area contributed by atoms with Crippen molar-refractivity contribution in [3.05, 3.63) is 30.3 Å². The van der Waals surface area contributed by atoms with E-state index < -0.39 is 42.4 Å². The predicted molar refractivity (Wildman–Crippen MR) is 109 cm³/mol. The zero-order chi connectivity index (χ0) is 22.5. The molecule has 0 heterocycles. The first kappa shape index (κ1) is 24.9. The third-order valence-electron chi connectivity index (χ3n) is 3.58. The van der Waals surface area contributed by atoms with Gasteiger partial charge in [-0.2, -0.15) is 0 Å². The molecule has 3 amide bonds. The molecule has 1 rings (SSSR count). The fourth-order valence-electron chi connectivity index (χ4n) is 2.08. The summed E-state index contributed by atoms with van der Waals surface area (Å²) in [6.45, 7) is -0.634. The molecular formula is C18H23N4O7S. The van der Waals surface area contributed by atoms with Crippen LogP contribution in [0.4, 0.5) is 5.69 Å². The highest BCUT2D eigenvalue weighted by Gasteiger charge is 2.22. The second-order valence-corrected chi connectivity index (χ2v) is 7.10. The number of carbonyl (C=O) groups excluding carboxylic acids is 3. The van der Waals surface area contributed by atoms with Crippen molar-refractivity contribution in [2.75, 3.05) is 23.4 Å². The normalized spacial score (nSPS) is 12.3. The summed E-state index contributed by atoms with van der Waals surface area (Å²) in [6, 6.07) is 7.08. The number of nitrogens with two attached hydrogens (primary N) is 1. The van der Waals surface area contributed by atoms with Crippen molar-refractivity contribution < 1.29 is 34.2 Å². The number of thioether (sulfide) groups is 1. The van der Waals surface area contributed by atoms with Crippen molar-refractivity contribution in [3.63, 3.8) is 0 Å². The van der Waals surface area contributed by atoms with Gasteiger partial charge in [-0.3, -0.25) is 24.0 Å². The number of carbonyl (C=O) groups is 5. The minimum atomic E-state index is -1.26. The topological polar surface area (TPSA) is 188 Å². The summed E-state index contributed by atoms with van der Waals surface area (Å²) in [7, 11) is 0. The highest BCUT2D eigenvalue weighted by Crippen LogP contribution is 2.09. The van der Waals surface area contributed by atoms with Crippen molar-refractivity contribution >= 4 is 47.1 Å². The molecule has 0 aliphatic carbocycles. The van der Waals surface area contributed by atoms with Crippen molar-refractivity contribution in [1.29, 1.82) is 0 Å². The SMILES string of the molecule is N[C@@H](CCC(=O)N[C@@H](CSCC(=O)Nc1cc[c]cc1)C(=O)NCC(=O)O)C(=O)O. The molecule has 11 nitrogen and oxygen atoms in total. The molecule has 0 aliphatic rings. The largest absolute Gasteiger partial charge is 0.480 e. The number of carboxylic acids is 2. The zero-order valence-electron chi connectivity index (χ0n) is 15.9. The minimum absolute atomic E-state index is 0.00182. The first-order valence-electron chi connectivity index (χ1n) is 8.80. The van der Waals surface area contributed by atoms with Crippen molar-refractivity contribution in [1.82, 2.24) is 10.6 Å². The Morgan fingerprint density at radius 1 is 1.10 bits per heavy atom. The molecule has 0 saturated carbocycles. The number of aliphatic carboxylic acids is 2. The van der Waals surface area contributed by atoms with Crippen molar-refractivity contribution in [2.24, 2.45) is 5.73 Å². The summed E-state index contributed by atoms with van der Waals surface area (Å²) in [4.78, 5) is 57.5. The van der Waals surface area contributed by atoms with Gasteiger partial charge in [0.15, 0.2) is 0 Å². The maximum Gasteiger partial charge on any atom is 0.322 e. The summed E-state index contributed by atoms with van der Waals surface area (Å²) >= 11 is 1.06. The number of amides is 3. The van der Waals surface area contributed by atoms with Crippen LogP contribution < -0.4 is 21.7 Å². The van der Waals surface area contributed by atoms with Crippen LogP contribution in [-0.4, -0.2) is 70.0 Å². The average Bonchev–Trinajstić information content (AvgIpc) is 2.70. The lowest BCUT2D eigenvalue weighted by atomic mass is 10.1. The van der Waals surface area contributed by atoms with Gasteiger partial charge in [-0.15, -0.1) is 11.8 Å². The lowest BCUT2D eigenvalue weighted by Gasteiger charge is -2.18. The van der Waals surface area contributed by atoms with Crippen LogP contribution in [0.15, 0.2) is 24.3 Å². The fourth-order valence-corrected chi connectivity index (χ4v) is 2.93. The quantitative estimate of drug-likeness (QED) is 0.225. The molecule has 0 aliphatic heterocycles. The molecule has 7 N–H and O–H groups in total. The first-order chi connectivity index (χ1) is 14.2. The van der Waals surface area contributed by atoms with Crippen LogP contribution in [0.3, 0.4) is 0 Å². The number of anilines is 1. The van der Waals surface area contributed by atoms with Gasteiger partial charge >= 0.3 is 11.9 Å². The number of benzene rings is 1. The van der Waals surface area contributed by atoms with Crippen molar-refractivity contribution in [2.45, 2.75) is 24.9 Å². The monoisotopic (exact) mass is 439 g/mol. The summed E-state index contributed by atoms with van der Waals surface area (Å²) in [6.07, 6.45) is -0.360. The molecule has 1 aromatic rings. The van der Waals surface area contributed by atoms with Gasteiger partial charge < -0.3 is 31.9 Å². The zero-order valence-corrected chi connectivity index (χ0v) is 16.7. The van der Waals surface area contributed by atoms with E-state index in [1.165, 1.54) is 0 Å². The molecule has 30 heavy (non-hydrogen) atoms. The summed E-state index contributed by atoms with van der Waals surface area (Å²) < 4.78 is 0. The Balaban J connectivity index is 2.56. The van der Waals surface area contributed by atoms with E-state index in [2.05, 4.69) is 22.0 Å². The predicted octanol–water partition coefficient (Wildman–Crippen LogP) is -0.964. The molecule has 2 atom stereocenters. The van der Waals surface area contributed by atoms with E-state index in [4.69, 9.17) is 15.9 Å². The maximum absolute atomic E-state index is 12.2. The lowest BCUT2D eigenvalue weighted by Crippen LogP contribution is -2.49. The second-order valence-electron chi connectivity index (χ2n) is 6.07. The smallest absolute Gasteiger partial charge is 0.322 e. The number of rotatable bonds is 13. The summed E-state index contributed by atoms with van der Waals surface area (Å²) in [5, 5.41) is 24.6. The first-order valence-corrected chi connectivity index (χ1v) is 9.95. The Morgan fingerprint density at radius 3 is 2.37 bits per heavy atom. The highest BCUT2D eigenvalue weighted by molar-refractivity contribution is 8.00.